The fourth-order valence-corrected chi connectivity index (χ4v) is 2.46. The lowest BCUT2D eigenvalue weighted by Crippen LogP contribution is -2.18. The number of nitrogens with zero attached hydrogens (tertiary/aromatic N) is 2. The highest BCUT2D eigenvalue weighted by molar-refractivity contribution is 5.24. The van der Waals surface area contributed by atoms with Crippen molar-refractivity contribution < 1.29 is 4.74 Å². The minimum atomic E-state index is 0.169. The molecule has 20 heavy (non-hydrogen) atoms. The first-order valence-electron chi connectivity index (χ1n) is 7.69. The van der Waals surface area contributed by atoms with E-state index in [4.69, 9.17) is 4.74 Å². The van der Waals surface area contributed by atoms with E-state index in [2.05, 4.69) is 29.1 Å². The Bertz CT molecular complexity index is 420. The predicted molar refractivity (Wildman–Crippen MR) is 81.0 cm³/mol. The van der Waals surface area contributed by atoms with Gasteiger partial charge >= 0.3 is 0 Å². The smallest absolute Gasteiger partial charge is 0.131 e. The van der Waals surface area contributed by atoms with Gasteiger partial charge in [-0.1, -0.05) is 0 Å². The van der Waals surface area contributed by atoms with Gasteiger partial charge in [0.25, 0.3) is 0 Å². The number of hydrogen-bond acceptors (Lipinski definition) is 4. The molecule has 112 valence electrons. The quantitative estimate of drug-likeness (QED) is 0.741. The zero-order valence-corrected chi connectivity index (χ0v) is 13.2. The van der Waals surface area contributed by atoms with Crippen molar-refractivity contribution >= 4 is 0 Å². The van der Waals surface area contributed by atoms with E-state index in [9.17, 15) is 0 Å². The fourth-order valence-electron chi connectivity index (χ4n) is 2.46. The number of rotatable bonds is 8. The molecule has 1 N–H and O–H groups in total. The first kappa shape index (κ1) is 15.4. The maximum absolute atomic E-state index is 5.28. The summed E-state index contributed by atoms with van der Waals surface area (Å²) in [6.45, 7) is 7.34. The second kappa shape index (κ2) is 7.14. The van der Waals surface area contributed by atoms with Crippen LogP contribution < -0.4 is 5.32 Å². The van der Waals surface area contributed by atoms with Gasteiger partial charge in [0, 0.05) is 31.0 Å². The summed E-state index contributed by atoms with van der Waals surface area (Å²) >= 11 is 0. The van der Waals surface area contributed by atoms with Gasteiger partial charge in [0.05, 0.1) is 6.10 Å². The zero-order chi connectivity index (χ0) is 14.5. The highest BCUT2D eigenvalue weighted by Crippen LogP contribution is 2.19. The van der Waals surface area contributed by atoms with Crippen LogP contribution in [0.3, 0.4) is 0 Å². The van der Waals surface area contributed by atoms with E-state index in [0.29, 0.717) is 0 Å². The van der Waals surface area contributed by atoms with Crippen molar-refractivity contribution in [2.24, 2.45) is 0 Å². The SMILES string of the molecule is COC(C)Cc1nc(C)c(CCCNC2CC2)c(C)n1. The molecule has 4 nitrogen and oxygen atoms in total. The Balaban J connectivity index is 1.90. The number of nitrogens with one attached hydrogen (secondary N) is 1. The Kier molecular flexibility index (Phi) is 5.49. The zero-order valence-electron chi connectivity index (χ0n) is 13.2. The van der Waals surface area contributed by atoms with Crippen LogP contribution in [0.2, 0.25) is 0 Å². The number of methoxy groups -OCH3 is 1. The van der Waals surface area contributed by atoms with Crippen LogP contribution >= 0.6 is 0 Å². The Hall–Kier alpha value is -1.00. The lowest BCUT2D eigenvalue weighted by molar-refractivity contribution is 0.117. The molecule has 0 aliphatic heterocycles. The summed E-state index contributed by atoms with van der Waals surface area (Å²) in [4.78, 5) is 9.27. The average molecular weight is 277 g/mol. The summed E-state index contributed by atoms with van der Waals surface area (Å²) in [7, 11) is 1.73. The standard InChI is InChI=1S/C16H27N3O/c1-11(20-4)10-16-18-12(2)15(13(3)19-16)6-5-9-17-14-7-8-14/h11,14,17H,5-10H2,1-4H3. The minimum Gasteiger partial charge on any atom is -0.381 e. The van der Waals surface area contributed by atoms with Gasteiger partial charge in [-0.2, -0.15) is 0 Å². The first-order valence-corrected chi connectivity index (χ1v) is 7.69. The molecule has 0 amide bonds. The number of aryl methyl sites for hydroxylation is 2. The van der Waals surface area contributed by atoms with Crippen molar-refractivity contribution in [1.29, 1.82) is 0 Å². The number of hydrogen-bond donors (Lipinski definition) is 1. The third-order valence-corrected chi connectivity index (χ3v) is 3.95. The second-order valence-electron chi connectivity index (χ2n) is 5.87. The normalized spacial score (nSPS) is 16.4. The molecule has 0 saturated heterocycles. The molecule has 1 aromatic heterocycles. The second-order valence-corrected chi connectivity index (χ2v) is 5.87. The maximum atomic E-state index is 5.28. The van der Waals surface area contributed by atoms with Gasteiger partial charge < -0.3 is 10.1 Å². The lowest BCUT2D eigenvalue weighted by Gasteiger charge is -2.13. The molecule has 1 fully saturated rings. The van der Waals surface area contributed by atoms with E-state index >= 15 is 0 Å². The predicted octanol–water partition coefficient (Wildman–Crippen LogP) is 2.36. The Labute approximate surface area is 122 Å². The van der Waals surface area contributed by atoms with Crippen LogP contribution in [-0.2, 0) is 17.6 Å². The van der Waals surface area contributed by atoms with Crippen LogP contribution in [0.5, 0.6) is 0 Å². The highest BCUT2D eigenvalue weighted by atomic mass is 16.5. The molecular weight excluding hydrogens is 250 g/mol. The molecule has 0 radical (unpaired) electrons. The van der Waals surface area contributed by atoms with Crippen LogP contribution in [0.1, 0.15) is 49.0 Å². The summed E-state index contributed by atoms with van der Waals surface area (Å²) in [5.74, 6) is 0.897. The van der Waals surface area contributed by atoms with Gasteiger partial charge in [0.15, 0.2) is 0 Å². The maximum Gasteiger partial charge on any atom is 0.131 e. The van der Waals surface area contributed by atoms with Crippen LogP contribution in [-0.4, -0.2) is 35.8 Å². The molecule has 1 atom stereocenters. The molecule has 0 spiro atoms. The lowest BCUT2D eigenvalue weighted by atomic mass is 10.1. The molecule has 2 rings (SSSR count). The largest absolute Gasteiger partial charge is 0.381 e. The van der Waals surface area contributed by atoms with E-state index in [-0.39, 0.29) is 6.10 Å². The van der Waals surface area contributed by atoms with Gasteiger partial charge in [-0.15, -0.1) is 0 Å². The summed E-state index contributed by atoms with van der Waals surface area (Å²) in [5, 5.41) is 3.55. The highest BCUT2D eigenvalue weighted by Gasteiger charge is 2.19. The molecule has 1 saturated carbocycles. The van der Waals surface area contributed by atoms with Crippen LogP contribution in [0.4, 0.5) is 0 Å². The Morgan fingerprint density at radius 1 is 1.25 bits per heavy atom. The topological polar surface area (TPSA) is 47.0 Å². The van der Waals surface area contributed by atoms with Gasteiger partial charge in [-0.3, -0.25) is 0 Å². The molecule has 1 unspecified atom stereocenters. The van der Waals surface area contributed by atoms with Crippen molar-refractivity contribution in [1.82, 2.24) is 15.3 Å². The number of ether oxygens (including phenoxy) is 1. The average Bonchev–Trinajstić information content (AvgIpc) is 3.21. The van der Waals surface area contributed by atoms with E-state index in [1.54, 1.807) is 7.11 Å². The summed E-state index contributed by atoms with van der Waals surface area (Å²) in [5.41, 5.74) is 3.57. The molecule has 1 aromatic rings. The fraction of sp³-hybridized carbons (Fsp3) is 0.750. The van der Waals surface area contributed by atoms with Crippen LogP contribution in [0.15, 0.2) is 0 Å². The monoisotopic (exact) mass is 277 g/mol. The van der Waals surface area contributed by atoms with E-state index in [1.807, 2.05) is 6.92 Å². The molecule has 0 aromatic carbocycles. The third-order valence-electron chi connectivity index (χ3n) is 3.95. The van der Waals surface area contributed by atoms with Crippen molar-refractivity contribution in [3.8, 4) is 0 Å². The molecule has 4 heteroatoms. The Morgan fingerprint density at radius 3 is 2.45 bits per heavy atom. The molecule has 1 aliphatic rings. The minimum absolute atomic E-state index is 0.169. The molecule has 0 bridgehead atoms. The van der Waals surface area contributed by atoms with Crippen molar-refractivity contribution in [2.75, 3.05) is 13.7 Å². The summed E-state index contributed by atoms with van der Waals surface area (Å²) in [6, 6.07) is 0.798. The first-order chi connectivity index (χ1) is 9.60. The van der Waals surface area contributed by atoms with Crippen molar-refractivity contribution in [2.45, 2.75) is 65.0 Å². The summed E-state index contributed by atoms with van der Waals surface area (Å²) in [6.07, 6.45) is 5.89. The molecule has 1 aliphatic carbocycles. The molecular formula is C16H27N3O. The van der Waals surface area contributed by atoms with E-state index in [0.717, 1.165) is 49.1 Å². The van der Waals surface area contributed by atoms with E-state index < -0.39 is 0 Å². The summed E-state index contributed by atoms with van der Waals surface area (Å²) < 4.78 is 5.28. The van der Waals surface area contributed by atoms with Crippen molar-refractivity contribution in [3.05, 3.63) is 22.8 Å². The number of aromatic nitrogens is 2. The van der Waals surface area contributed by atoms with Crippen LogP contribution in [0.25, 0.3) is 0 Å². The van der Waals surface area contributed by atoms with Crippen molar-refractivity contribution in [3.63, 3.8) is 0 Å². The van der Waals surface area contributed by atoms with E-state index in [1.165, 1.54) is 18.4 Å². The molecule has 1 heterocycles. The third kappa shape index (κ3) is 4.53. The van der Waals surface area contributed by atoms with Gasteiger partial charge in [0.2, 0.25) is 0 Å². The van der Waals surface area contributed by atoms with Gasteiger partial charge in [-0.05, 0) is 58.6 Å². The van der Waals surface area contributed by atoms with Crippen LogP contribution in [0, 0.1) is 13.8 Å². The van der Waals surface area contributed by atoms with Gasteiger partial charge in [0.1, 0.15) is 5.82 Å². The van der Waals surface area contributed by atoms with Gasteiger partial charge in [-0.25, -0.2) is 9.97 Å². The Morgan fingerprint density at radius 2 is 1.90 bits per heavy atom.